The molecule has 3 atom stereocenters. The molecule has 0 aliphatic carbocycles. The summed E-state index contributed by atoms with van der Waals surface area (Å²) in [5.74, 6) is 0. The quantitative estimate of drug-likeness (QED) is 0.453. The molecule has 1 aliphatic heterocycles. The maximum absolute atomic E-state index is 5.96. The molecule has 0 aromatic carbocycles. The van der Waals surface area contributed by atoms with Crippen LogP contribution >= 0.6 is 79.2 Å². The Morgan fingerprint density at radius 3 is 2.38 bits per heavy atom. The van der Waals surface area contributed by atoms with Gasteiger partial charge in [-0.2, -0.15) is 4.52 Å². The van der Waals surface area contributed by atoms with Crippen molar-refractivity contribution in [2.75, 3.05) is 7.11 Å². The topological polar surface area (TPSA) is 28.1 Å². The molecule has 1 aliphatic rings. The van der Waals surface area contributed by atoms with Gasteiger partial charge in [0.1, 0.15) is 0 Å². The first kappa shape index (κ1) is 13.5. The molecule has 0 aromatic rings. The van der Waals surface area contributed by atoms with Crippen molar-refractivity contribution in [2.45, 2.75) is 0 Å². The summed E-state index contributed by atoms with van der Waals surface area (Å²) in [5, 5.41) is 0. The molecule has 1 heterocycles. The molecule has 0 saturated heterocycles. The molecule has 0 spiro atoms. The van der Waals surface area contributed by atoms with Crippen molar-refractivity contribution >= 4 is 79.2 Å². The van der Waals surface area contributed by atoms with Gasteiger partial charge in [0, 0.05) is 7.11 Å². The first-order chi connectivity index (χ1) is 5.92. The molecule has 0 saturated carbocycles. The standard InChI is InChI=1S/CH3Cl5N3OP3/c1-10-13(6)7-11(4)8(2)12(5)9(13)3/h1H3. The lowest BCUT2D eigenvalue weighted by Gasteiger charge is -2.35. The predicted octanol–water partition coefficient (Wildman–Crippen LogP) is 5.67. The van der Waals surface area contributed by atoms with Gasteiger partial charge >= 0.3 is 0 Å². The van der Waals surface area contributed by atoms with Crippen molar-refractivity contribution in [1.82, 2.24) is 7.92 Å². The smallest absolute Gasteiger partial charge is 0.271 e. The fraction of sp³-hybridized carbons (Fsp3) is 1.00. The first-order valence-corrected chi connectivity index (χ1v) is 10.1. The lowest BCUT2D eigenvalue weighted by Crippen LogP contribution is -2.09. The monoisotopic (exact) mass is 341 g/mol. The number of rotatable bonds is 1. The molecular formula is CH3Cl5N3OP3. The molecule has 13 heavy (non-hydrogen) atoms. The van der Waals surface area contributed by atoms with E-state index < -0.39 is 21.9 Å². The van der Waals surface area contributed by atoms with E-state index in [0.29, 0.717) is 0 Å². The lowest BCUT2D eigenvalue weighted by molar-refractivity contribution is 0.451. The van der Waals surface area contributed by atoms with E-state index in [1.807, 2.05) is 0 Å². The number of hydrogen-bond acceptors (Lipinski definition) is 4. The number of hydrogen-bond donors (Lipinski definition) is 0. The Bertz CT molecular complexity index is 251. The third-order valence-electron chi connectivity index (χ3n) is 1.03. The Hall–Kier alpha value is 2.42. The molecular weight excluding hydrogens is 340 g/mol. The van der Waals surface area contributed by atoms with Crippen molar-refractivity contribution in [1.29, 1.82) is 0 Å². The molecule has 78 valence electrons. The fourth-order valence-electron chi connectivity index (χ4n) is 0.474. The van der Waals surface area contributed by atoms with Crippen LogP contribution in [0.25, 0.3) is 0 Å². The fourth-order valence-corrected chi connectivity index (χ4v) is 11.4. The summed E-state index contributed by atoms with van der Waals surface area (Å²) in [5.41, 5.74) is 0. The van der Waals surface area contributed by atoms with Crippen LogP contribution in [0.2, 0.25) is 0 Å². The average molecular weight is 343 g/mol. The zero-order valence-electron chi connectivity index (χ0n) is 5.98. The molecule has 1 rings (SSSR count). The van der Waals surface area contributed by atoms with E-state index in [4.69, 9.17) is 61.8 Å². The van der Waals surface area contributed by atoms with Gasteiger partial charge in [0.25, 0.3) is 6.78 Å². The van der Waals surface area contributed by atoms with Crippen LogP contribution < -0.4 is 0 Å². The van der Waals surface area contributed by atoms with Crippen LogP contribution in [0.4, 0.5) is 0 Å². The summed E-state index contributed by atoms with van der Waals surface area (Å²) in [7, 11) is -1.54. The second-order valence-electron chi connectivity index (χ2n) is 1.71. The maximum atomic E-state index is 5.96. The molecule has 4 nitrogen and oxygen atoms in total. The number of halogens is 5. The van der Waals surface area contributed by atoms with E-state index in [2.05, 4.69) is 4.52 Å². The van der Waals surface area contributed by atoms with E-state index >= 15 is 0 Å². The van der Waals surface area contributed by atoms with E-state index in [9.17, 15) is 0 Å². The normalized spacial score (nSPS) is 43.2. The average Bonchev–Trinajstić information content (AvgIpc) is 2.12. The second kappa shape index (κ2) is 5.17. The van der Waals surface area contributed by atoms with Gasteiger partial charge in [-0.3, -0.25) is 0 Å². The zero-order valence-corrected chi connectivity index (χ0v) is 12.4. The van der Waals surface area contributed by atoms with Crippen LogP contribution in [0, 0.1) is 0 Å². The van der Waals surface area contributed by atoms with Gasteiger partial charge < -0.3 is 4.52 Å². The van der Waals surface area contributed by atoms with Gasteiger partial charge in [0.15, 0.2) is 7.58 Å². The molecule has 0 amide bonds. The van der Waals surface area contributed by atoms with Gasteiger partial charge in [-0.25, -0.2) is 0 Å². The highest BCUT2D eigenvalue weighted by Gasteiger charge is 2.43. The minimum Gasteiger partial charge on any atom is -0.323 e. The SMILES string of the molecule is COP1(Cl)=NP(Cl)N(Cl)P(Cl)N1Cl. The third kappa shape index (κ3) is 2.75. The van der Waals surface area contributed by atoms with E-state index in [1.54, 1.807) is 0 Å². The summed E-state index contributed by atoms with van der Waals surface area (Å²) in [4.78, 5) is 0. The van der Waals surface area contributed by atoms with Crippen LogP contribution in [0.15, 0.2) is 4.52 Å². The van der Waals surface area contributed by atoms with Gasteiger partial charge in [0.2, 0.25) is 7.58 Å². The molecule has 12 heteroatoms. The van der Waals surface area contributed by atoms with Crippen LogP contribution in [-0.4, -0.2) is 15.0 Å². The Kier molecular flexibility index (Phi) is 5.36. The first-order valence-electron chi connectivity index (χ1n) is 2.64. The summed E-state index contributed by atoms with van der Waals surface area (Å²) in [6, 6.07) is 0. The van der Waals surface area contributed by atoms with E-state index in [-0.39, 0.29) is 0 Å². The third-order valence-corrected chi connectivity index (χ3v) is 14.0. The molecule has 0 aromatic heterocycles. The molecule has 0 fully saturated rings. The molecule has 0 bridgehead atoms. The van der Waals surface area contributed by atoms with E-state index in [1.165, 1.54) is 7.11 Å². The zero-order chi connectivity index (χ0) is 10.2. The second-order valence-corrected chi connectivity index (χ2v) is 11.7. The van der Waals surface area contributed by atoms with E-state index in [0.717, 1.165) is 7.92 Å². The highest BCUT2D eigenvalue weighted by Crippen LogP contribution is 2.84. The van der Waals surface area contributed by atoms with Crippen LogP contribution in [0.3, 0.4) is 0 Å². The number of nitrogens with zero attached hydrogens (tertiary/aromatic N) is 3. The van der Waals surface area contributed by atoms with Crippen molar-refractivity contribution in [2.24, 2.45) is 4.52 Å². The Balaban J connectivity index is 3.04. The van der Waals surface area contributed by atoms with Gasteiger partial charge in [0.05, 0.1) is 0 Å². The van der Waals surface area contributed by atoms with Crippen LogP contribution in [0.5, 0.6) is 0 Å². The van der Waals surface area contributed by atoms with Gasteiger partial charge in [-0.05, 0) is 46.0 Å². The molecule has 3 unspecified atom stereocenters. The Morgan fingerprint density at radius 1 is 1.38 bits per heavy atom. The van der Waals surface area contributed by atoms with Crippen molar-refractivity contribution in [3.63, 3.8) is 0 Å². The van der Waals surface area contributed by atoms with Gasteiger partial charge in [-0.15, -0.1) is 3.96 Å². The summed E-state index contributed by atoms with van der Waals surface area (Å²) in [6.07, 6.45) is 0. The van der Waals surface area contributed by atoms with Crippen molar-refractivity contribution in [3.05, 3.63) is 0 Å². The largest absolute Gasteiger partial charge is 0.323 e. The minimum atomic E-state index is -2.72. The predicted molar refractivity (Wildman–Crippen MR) is 63.1 cm³/mol. The summed E-state index contributed by atoms with van der Waals surface area (Å²) in [6.45, 7) is -2.72. The maximum Gasteiger partial charge on any atom is 0.271 e. The van der Waals surface area contributed by atoms with Crippen molar-refractivity contribution in [3.8, 4) is 0 Å². The minimum absolute atomic E-state index is 1.10. The van der Waals surface area contributed by atoms with Crippen LogP contribution in [0.1, 0.15) is 0 Å². The Labute approximate surface area is 103 Å². The van der Waals surface area contributed by atoms with Crippen LogP contribution in [-0.2, 0) is 4.52 Å². The molecule has 0 N–H and O–H groups in total. The van der Waals surface area contributed by atoms with Gasteiger partial charge in [-0.1, -0.05) is 15.2 Å². The highest BCUT2D eigenvalue weighted by molar-refractivity contribution is 8.06. The molecule has 0 radical (unpaired) electrons. The van der Waals surface area contributed by atoms with Crippen molar-refractivity contribution < 1.29 is 4.52 Å². The Morgan fingerprint density at radius 2 is 1.92 bits per heavy atom. The summed E-state index contributed by atoms with van der Waals surface area (Å²) < 4.78 is 11.2. The lowest BCUT2D eigenvalue weighted by atomic mass is 11.8. The highest BCUT2D eigenvalue weighted by atomic mass is 35.7. The summed E-state index contributed by atoms with van der Waals surface area (Å²) >= 11 is 29.1.